The Bertz CT molecular complexity index is 1430. The fourth-order valence-electron chi connectivity index (χ4n) is 3.45. The van der Waals surface area contributed by atoms with Crippen LogP contribution in [0.15, 0.2) is 81.6 Å². The second-order valence-corrected chi connectivity index (χ2v) is 8.39. The van der Waals surface area contributed by atoms with Crippen molar-refractivity contribution in [3.63, 3.8) is 0 Å². The van der Waals surface area contributed by atoms with Gasteiger partial charge in [-0.15, -0.1) is 16.8 Å². The molecular formula is C23H19N5O2S. The Morgan fingerprint density at radius 2 is 2.00 bits per heavy atom. The second kappa shape index (κ2) is 7.88. The summed E-state index contributed by atoms with van der Waals surface area (Å²) in [6, 6.07) is 17.1. The maximum absolute atomic E-state index is 12.4. The highest BCUT2D eigenvalue weighted by Gasteiger charge is 2.21. The van der Waals surface area contributed by atoms with E-state index in [2.05, 4.69) is 26.7 Å². The summed E-state index contributed by atoms with van der Waals surface area (Å²) in [5, 5.41) is 10.9. The number of nitrogens with one attached hydrogen (secondary N) is 1. The molecule has 0 aliphatic rings. The van der Waals surface area contributed by atoms with Gasteiger partial charge in [0.15, 0.2) is 10.9 Å². The van der Waals surface area contributed by atoms with E-state index in [1.54, 1.807) is 12.1 Å². The van der Waals surface area contributed by atoms with E-state index in [1.165, 1.54) is 11.8 Å². The van der Waals surface area contributed by atoms with Crippen LogP contribution in [-0.2, 0) is 6.54 Å². The highest BCUT2D eigenvalue weighted by molar-refractivity contribution is 7.99. The average molecular weight is 430 g/mol. The monoisotopic (exact) mass is 429 g/mol. The van der Waals surface area contributed by atoms with E-state index in [1.807, 2.05) is 60.0 Å². The van der Waals surface area contributed by atoms with Crippen LogP contribution in [0.5, 0.6) is 0 Å². The van der Waals surface area contributed by atoms with Crippen LogP contribution in [0.1, 0.15) is 18.0 Å². The van der Waals surface area contributed by atoms with Crippen molar-refractivity contribution in [1.82, 2.24) is 24.7 Å². The van der Waals surface area contributed by atoms with Crippen LogP contribution in [0.4, 0.5) is 0 Å². The summed E-state index contributed by atoms with van der Waals surface area (Å²) < 4.78 is 7.93. The molecule has 7 nitrogen and oxygen atoms in total. The van der Waals surface area contributed by atoms with Crippen molar-refractivity contribution in [1.29, 1.82) is 0 Å². The summed E-state index contributed by atoms with van der Waals surface area (Å²) in [4.78, 5) is 20.0. The predicted octanol–water partition coefficient (Wildman–Crippen LogP) is 4.97. The quantitative estimate of drug-likeness (QED) is 0.303. The number of furan rings is 1. The Morgan fingerprint density at radius 3 is 2.84 bits per heavy atom. The SMILES string of the molecule is C=CCn1c(SC(C)c2nc3ccccc3c(=O)[nH]2)nnc1-c1cc2ccccc2o1. The molecule has 1 unspecified atom stereocenters. The smallest absolute Gasteiger partial charge is 0.258 e. The molecule has 3 aromatic heterocycles. The third kappa shape index (κ3) is 3.55. The van der Waals surface area contributed by atoms with Crippen LogP contribution >= 0.6 is 11.8 Å². The molecule has 3 heterocycles. The lowest BCUT2D eigenvalue weighted by atomic mass is 10.2. The lowest BCUT2D eigenvalue weighted by Crippen LogP contribution is -2.13. The zero-order valence-corrected chi connectivity index (χ0v) is 17.6. The molecule has 0 saturated heterocycles. The van der Waals surface area contributed by atoms with Gasteiger partial charge < -0.3 is 9.40 Å². The summed E-state index contributed by atoms with van der Waals surface area (Å²) in [6.45, 7) is 6.36. The summed E-state index contributed by atoms with van der Waals surface area (Å²) in [5.74, 6) is 1.87. The number of hydrogen-bond donors (Lipinski definition) is 1. The molecule has 0 amide bonds. The van der Waals surface area contributed by atoms with Crippen molar-refractivity contribution in [2.24, 2.45) is 0 Å². The first-order valence-electron chi connectivity index (χ1n) is 9.82. The van der Waals surface area contributed by atoms with Crippen LogP contribution in [0.25, 0.3) is 33.5 Å². The van der Waals surface area contributed by atoms with Gasteiger partial charge in [-0.25, -0.2) is 4.98 Å². The first kappa shape index (κ1) is 19.3. The first-order valence-corrected chi connectivity index (χ1v) is 10.7. The fraction of sp³-hybridized carbons (Fsp3) is 0.130. The minimum atomic E-state index is -0.149. The number of H-pyrrole nitrogens is 1. The maximum Gasteiger partial charge on any atom is 0.258 e. The van der Waals surface area contributed by atoms with Gasteiger partial charge in [0.25, 0.3) is 5.56 Å². The molecule has 2 aromatic carbocycles. The topological polar surface area (TPSA) is 89.6 Å². The second-order valence-electron chi connectivity index (χ2n) is 7.08. The van der Waals surface area contributed by atoms with E-state index in [0.29, 0.717) is 40.0 Å². The molecule has 154 valence electrons. The van der Waals surface area contributed by atoms with E-state index in [4.69, 9.17) is 4.42 Å². The molecule has 5 rings (SSSR count). The van der Waals surface area contributed by atoms with Gasteiger partial charge in [0.1, 0.15) is 11.4 Å². The fourth-order valence-corrected chi connectivity index (χ4v) is 4.37. The largest absolute Gasteiger partial charge is 0.453 e. The van der Waals surface area contributed by atoms with Gasteiger partial charge in [0.2, 0.25) is 5.82 Å². The predicted molar refractivity (Wildman–Crippen MR) is 122 cm³/mol. The molecule has 1 N–H and O–H groups in total. The highest BCUT2D eigenvalue weighted by atomic mass is 32.2. The first-order chi connectivity index (χ1) is 15.1. The Hall–Kier alpha value is -3.65. The average Bonchev–Trinajstić information content (AvgIpc) is 3.38. The molecule has 0 bridgehead atoms. The number of para-hydroxylation sites is 2. The lowest BCUT2D eigenvalue weighted by Gasteiger charge is -2.12. The third-order valence-electron chi connectivity index (χ3n) is 4.97. The summed E-state index contributed by atoms with van der Waals surface area (Å²) in [7, 11) is 0. The van der Waals surface area contributed by atoms with Crippen molar-refractivity contribution in [2.45, 2.75) is 23.9 Å². The minimum absolute atomic E-state index is 0.145. The van der Waals surface area contributed by atoms with E-state index < -0.39 is 0 Å². The molecule has 5 aromatic rings. The molecule has 0 radical (unpaired) electrons. The standard InChI is InChI=1S/C23H19N5O2S/c1-3-12-28-21(19-13-15-8-4-7-11-18(15)30-19)26-27-23(28)31-14(2)20-24-17-10-6-5-9-16(17)22(29)25-20/h3-11,13-14H,1,12H2,2H3,(H,24,25,29). The van der Waals surface area contributed by atoms with Crippen molar-refractivity contribution in [3.05, 3.63) is 83.4 Å². The molecule has 31 heavy (non-hydrogen) atoms. The van der Waals surface area contributed by atoms with E-state index in [0.717, 1.165) is 11.0 Å². The normalized spacial score (nSPS) is 12.4. The molecule has 0 saturated carbocycles. The van der Waals surface area contributed by atoms with Gasteiger partial charge in [-0.05, 0) is 31.2 Å². The molecule has 0 aliphatic heterocycles. The van der Waals surface area contributed by atoms with Gasteiger partial charge in [0, 0.05) is 11.9 Å². The van der Waals surface area contributed by atoms with Crippen molar-refractivity contribution >= 4 is 33.6 Å². The number of aromatic nitrogens is 5. The number of hydrogen-bond acceptors (Lipinski definition) is 6. The van der Waals surface area contributed by atoms with Crippen molar-refractivity contribution in [3.8, 4) is 11.6 Å². The summed E-state index contributed by atoms with van der Waals surface area (Å²) >= 11 is 1.47. The number of rotatable bonds is 6. The third-order valence-corrected chi connectivity index (χ3v) is 6.06. The van der Waals surface area contributed by atoms with Crippen molar-refractivity contribution in [2.75, 3.05) is 0 Å². The Morgan fingerprint density at radius 1 is 1.19 bits per heavy atom. The Kier molecular flexibility index (Phi) is 4.91. The number of nitrogens with zero attached hydrogens (tertiary/aromatic N) is 4. The van der Waals surface area contributed by atoms with Crippen LogP contribution in [-0.4, -0.2) is 24.7 Å². The summed E-state index contributed by atoms with van der Waals surface area (Å²) in [6.07, 6.45) is 1.79. The van der Waals surface area contributed by atoms with Crippen LogP contribution in [0, 0.1) is 0 Å². The van der Waals surface area contributed by atoms with Gasteiger partial charge in [-0.1, -0.05) is 48.2 Å². The molecule has 8 heteroatoms. The van der Waals surface area contributed by atoms with Crippen LogP contribution in [0.3, 0.4) is 0 Å². The molecular weight excluding hydrogens is 410 g/mol. The van der Waals surface area contributed by atoms with Crippen LogP contribution in [0.2, 0.25) is 0 Å². The van der Waals surface area contributed by atoms with Gasteiger partial charge in [-0.2, -0.15) is 0 Å². The minimum Gasteiger partial charge on any atom is -0.453 e. The van der Waals surface area contributed by atoms with E-state index in [9.17, 15) is 4.79 Å². The van der Waals surface area contributed by atoms with E-state index in [-0.39, 0.29) is 10.8 Å². The molecule has 0 spiro atoms. The number of fused-ring (bicyclic) bond motifs is 2. The number of allylic oxidation sites excluding steroid dienone is 1. The van der Waals surface area contributed by atoms with Crippen molar-refractivity contribution < 1.29 is 4.42 Å². The number of aromatic amines is 1. The van der Waals surface area contributed by atoms with E-state index >= 15 is 0 Å². The summed E-state index contributed by atoms with van der Waals surface area (Å²) in [5.41, 5.74) is 1.32. The number of benzene rings is 2. The van der Waals surface area contributed by atoms with Gasteiger partial charge in [0.05, 0.1) is 16.2 Å². The lowest BCUT2D eigenvalue weighted by molar-refractivity contribution is 0.613. The maximum atomic E-state index is 12.4. The molecule has 0 aliphatic carbocycles. The Labute approximate surface area is 181 Å². The Balaban J connectivity index is 1.50. The van der Waals surface area contributed by atoms with Gasteiger partial charge >= 0.3 is 0 Å². The molecule has 1 atom stereocenters. The zero-order chi connectivity index (χ0) is 21.4. The number of thioether (sulfide) groups is 1. The van der Waals surface area contributed by atoms with Gasteiger partial charge in [-0.3, -0.25) is 9.36 Å². The zero-order valence-electron chi connectivity index (χ0n) is 16.8. The van der Waals surface area contributed by atoms with Crippen LogP contribution < -0.4 is 5.56 Å². The molecule has 0 fully saturated rings. The highest BCUT2D eigenvalue weighted by Crippen LogP contribution is 2.35.